The van der Waals surface area contributed by atoms with Crippen molar-refractivity contribution >= 4 is 76.0 Å². The lowest BCUT2D eigenvalue weighted by atomic mass is 10.1. The first kappa shape index (κ1) is 27.2. The van der Waals surface area contributed by atoms with Crippen LogP contribution in [0.3, 0.4) is 0 Å². The molecule has 1 heterocycles. The lowest BCUT2D eigenvalue weighted by Gasteiger charge is -2.26. The lowest BCUT2D eigenvalue weighted by Crippen LogP contribution is -2.54. The number of carbonyl (C=O) groups is 4. The highest BCUT2D eigenvalue weighted by atomic mass is 35.5. The summed E-state index contributed by atoms with van der Waals surface area (Å²) in [5, 5.41) is 5.42. The van der Waals surface area contributed by atoms with Crippen LogP contribution in [0.2, 0.25) is 15.1 Å². The Morgan fingerprint density at radius 1 is 0.974 bits per heavy atom. The highest BCUT2D eigenvalue weighted by Gasteiger charge is 2.36. The Morgan fingerprint density at radius 3 is 2.26 bits per heavy atom. The van der Waals surface area contributed by atoms with Crippen LogP contribution in [0.1, 0.15) is 16.7 Å². The van der Waals surface area contributed by atoms with Crippen LogP contribution < -0.4 is 20.3 Å². The Morgan fingerprint density at radius 2 is 1.63 bits per heavy atom. The fourth-order valence-corrected chi connectivity index (χ4v) is 4.47. The normalized spacial score (nSPS) is 14.5. The number of barbiturate groups is 1. The maximum atomic E-state index is 13.1. The molecular formula is C27H20Cl3N3O5. The van der Waals surface area contributed by atoms with Gasteiger partial charge in [0.25, 0.3) is 17.7 Å². The van der Waals surface area contributed by atoms with Crippen molar-refractivity contribution < 1.29 is 23.9 Å². The van der Waals surface area contributed by atoms with Gasteiger partial charge in [0.1, 0.15) is 5.57 Å². The largest absolute Gasteiger partial charge is 0.481 e. The van der Waals surface area contributed by atoms with Crippen LogP contribution in [0.5, 0.6) is 5.75 Å². The number of hydrogen-bond donors (Lipinski definition) is 2. The monoisotopic (exact) mass is 571 g/mol. The summed E-state index contributed by atoms with van der Waals surface area (Å²) in [6, 6.07) is 13.5. The van der Waals surface area contributed by atoms with Crippen molar-refractivity contribution in [3.8, 4) is 5.75 Å². The second-order valence-electron chi connectivity index (χ2n) is 8.40. The number of imide groups is 2. The quantitative estimate of drug-likeness (QED) is 0.281. The van der Waals surface area contributed by atoms with Crippen molar-refractivity contribution in [1.29, 1.82) is 0 Å². The fourth-order valence-electron chi connectivity index (χ4n) is 3.73. The Kier molecular flexibility index (Phi) is 8.06. The van der Waals surface area contributed by atoms with Crippen molar-refractivity contribution in [2.24, 2.45) is 0 Å². The minimum Gasteiger partial charge on any atom is -0.481 e. The highest BCUT2D eigenvalue weighted by Crippen LogP contribution is 2.35. The van der Waals surface area contributed by atoms with Gasteiger partial charge in [-0.1, -0.05) is 52.5 Å². The van der Waals surface area contributed by atoms with E-state index in [1.54, 1.807) is 6.07 Å². The number of hydrogen-bond acceptors (Lipinski definition) is 5. The third kappa shape index (κ3) is 5.99. The molecule has 5 amide bonds. The second kappa shape index (κ2) is 11.3. The second-order valence-corrected chi connectivity index (χ2v) is 9.65. The summed E-state index contributed by atoms with van der Waals surface area (Å²) in [7, 11) is 0. The molecule has 0 spiro atoms. The van der Waals surface area contributed by atoms with Gasteiger partial charge in [-0.25, -0.2) is 9.69 Å². The van der Waals surface area contributed by atoms with Crippen LogP contribution in [0.4, 0.5) is 16.2 Å². The zero-order valence-corrected chi connectivity index (χ0v) is 22.4. The summed E-state index contributed by atoms with van der Waals surface area (Å²) in [4.78, 5) is 51.1. The van der Waals surface area contributed by atoms with Gasteiger partial charge in [-0.2, -0.15) is 0 Å². The first-order chi connectivity index (χ1) is 18.0. The zero-order chi connectivity index (χ0) is 27.6. The summed E-state index contributed by atoms with van der Waals surface area (Å²) >= 11 is 18.6. The molecule has 1 fully saturated rings. The molecular weight excluding hydrogens is 553 g/mol. The third-order valence-corrected chi connectivity index (χ3v) is 6.34. The molecule has 0 atom stereocenters. The summed E-state index contributed by atoms with van der Waals surface area (Å²) < 4.78 is 5.54. The minimum atomic E-state index is -0.890. The molecule has 0 aliphatic carbocycles. The van der Waals surface area contributed by atoms with Crippen LogP contribution in [0, 0.1) is 13.8 Å². The van der Waals surface area contributed by atoms with Gasteiger partial charge in [-0.05, 0) is 73.5 Å². The molecule has 0 radical (unpaired) electrons. The Bertz CT molecular complexity index is 1480. The van der Waals surface area contributed by atoms with E-state index in [1.165, 1.54) is 42.5 Å². The predicted molar refractivity (Wildman–Crippen MR) is 147 cm³/mol. The molecule has 38 heavy (non-hydrogen) atoms. The molecule has 11 heteroatoms. The van der Waals surface area contributed by atoms with Crippen molar-refractivity contribution in [3.63, 3.8) is 0 Å². The van der Waals surface area contributed by atoms with Gasteiger partial charge in [0.05, 0.1) is 15.7 Å². The number of urea groups is 1. The standard InChI is InChI=1S/C27H20Cl3N3O5/c1-14-3-8-22(15(2)9-14)31-23(34)13-38-24-20(29)11-16(12-21(24)30)10-19-25(35)32-27(37)33(26(19)36)18-6-4-17(28)5-7-18/h3-12H,13H2,1-2H3,(H,31,34)(H,32,35,37)/b19-10-. The van der Waals surface area contributed by atoms with Crippen LogP contribution >= 0.6 is 34.8 Å². The molecule has 2 N–H and O–H groups in total. The highest BCUT2D eigenvalue weighted by molar-refractivity contribution is 6.40. The van der Waals surface area contributed by atoms with Crippen LogP contribution in [0.25, 0.3) is 6.08 Å². The van der Waals surface area contributed by atoms with Gasteiger partial charge in [0.15, 0.2) is 12.4 Å². The van der Waals surface area contributed by atoms with E-state index in [0.717, 1.165) is 16.0 Å². The Hall–Kier alpha value is -3.85. The number of anilines is 2. The fraction of sp³-hybridized carbons (Fsp3) is 0.111. The van der Waals surface area contributed by atoms with E-state index in [2.05, 4.69) is 10.6 Å². The number of benzene rings is 3. The number of rotatable bonds is 6. The van der Waals surface area contributed by atoms with Gasteiger partial charge in [0.2, 0.25) is 0 Å². The number of halogens is 3. The number of aryl methyl sites for hydroxylation is 2. The average molecular weight is 573 g/mol. The molecule has 0 unspecified atom stereocenters. The summed E-state index contributed by atoms with van der Waals surface area (Å²) in [5.74, 6) is -2.06. The predicted octanol–water partition coefficient (Wildman–Crippen LogP) is 5.95. The summed E-state index contributed by atoms with van der Waals surface area (Å²) in [6.07, 6.45) is 1.25. The summed E-state index contributed by atoms with van der Waals surface area (Å²) in [6.45, 7) is 3.48. The topological polar surface area (TPSA) is 105 Å². The van der Waals surface area contributed by atoms with Crippen molar-refractivity contribution in [1.82, 2.24) is 5.32 Å². The van der Waals surface area contributed by atoms with E-state index in [4.69, 9.17) is 39.5 Å². The maximum Gasteiger partial charge on any atom is 0.335 e. The number of carbonyl (C=O) groups excluding carboxylic acids is 4. The van der Waals surface area contributed by atoms with Gasteiger partial charge >= 0.3 is 6.03 Å². The third-order valence-electron chi connectivity index (χ3n) is 5.52. The molecule has 0 saturated carbocycles. The lowest BCUT2D eigenvalue weighted by molar-refractivity contribution is -0.122. The van der Waals surface area contributed by atoms with E-state index in [0.29, 0.717) is 16.3 Å². The first-order valence-electron chi connectivity index (χ1n) is 11.2. The SMILES string of the molecule is Cc1ccc(NC(=O)COc2c(Cl)cc(/C=C3/C(=O)NC(=O)N(c4ccc(Cl)cc4)C3=O)cc2Cl)c(C)c1. The molecule has 3 aromatic carbocycles. The van der Waals surface area contributed by atoms with Gasteiger partial charge in [-0.3, -0.25) is 19.7 Å². The Balaban J connectivity index is 1.51. The average Bonchev–Trinajstić information content (AvgIpc) is 2.84. The van der Waals surface area contributed by atoms with Crippen LogP contribution in [-0.2, 0) is 14.4 Å². The number of nitrogens with one attached hydrogen (secondary N) is 2. The van der Waals surface area contributed by atoms with Crippen molar-refractivity contribution in [2.75, 3.05) is 16.8 Å². The summed E-state index contributed by atoms with van der Waals surface area (Å²) in [5.41, 5.74) is 2.86. The molecule has 194 valence electrons. The van der Waals surface area contributed by atoms with Crippen LogP contribution in [0.15, 0.2) is 60.2 Å². The van der Waals surface area contributed by atoms with Gasteiger partial charge in [0, 0.05) is 10.7 Å². The van der Waals surface area contributed by atoms with Gasteiger partial charge < -0.3 is 10.1 Å². The number of amides is 5. The Labute approximate surface area is 233 Å². The molecule has 1 saturated heterocycles. The molecule has 1 aliphatic rings. The smallest absolute Gasteiger partial charge is 0.335 e. The molecule has 8 nitrogen and oxygen atoms in total. The minimum absolute atomic E-state index is 0.0537. The molecule has 0 bridgehead atoms. The first-order valence-corrected chi connectivity index (χ1v) is 12.3. The van der Waals surface area contributed by atoms with E-state index in [-0.39, 0.29) is 33.7 Å². The van der Waals surface area contributed by atoms with E-state index in [9.17, 15) is 19.2 Å². The molecule has 4 rings (SSSR count). The number of nitrogens with zero attached hydrogens (tertiary/aromatic N) is 1. The number of ether oxygens (including phenoxy) is 1. The maximum absolute atomic E-state index is 13.1. The van der Waals surface area contributed by atoms with Crippen molar-refractivity contribution in [3.05, 3.63) is 91.9 Å². The molecule has 3 aromatic rings. The van der Waals surface area contributed by atoms with E-state index in [1.807, 2.05) is 26.0 Å². The van der Waals surface area contributed by atoms with Crippen molar-refractivity contribution in [2.45, 2.75) is 13.8 Å². The van der Waals surface area contributed by atoms with E-state index < -0.39 is 23.8 Å². The molecule has 1 aliphatic heterocycles. The van der Waals surface area contributed by atoms with Crippen LogP contribution in [-0.4, -0.2) is 30.4 Å². The zero-order valence-electron chi connectivity index (χ0n) is 20.1. The van der Waals surface area contributed by atoms with Gasteiger partial charge in [-0.15, -0.1) is 0 Å². The van der Waals surface area contributed by atoms with E-state index >= 15 is 0 Å². The molecule has 0 aromatic heterocycles.